The molecule has 2 amide bonds. The summed E-state index contributed by atoms with van der Waals surface area (Å²) in [6, 6.07) is 9.88. The van der Waals surface area contributed by atoms with E-state index in [1.54, 1.807) is 37.6 Å². The molecule has 0 bridgehead atoms. The standard InChI is InChI=1S/C21H18N4O5S2/c1-11-20(27)25(2)17-8-12(3-6-18(17)30-11)16-10-31-21(23-16)24-32(28,29)14-4-5-15-13(7-14)9-19(26)22-15/h3-8,10-11H,9H2,1-2H3,(H,22,26)(H,23,24). The Balaban J connectivity index is 1.40. The monoisotopic (exact) mass is 470 g/mol. The van der Waals surface area contributed by atoms with Crippen LogP contribution in [0.1, 0.15) is 12.5 Å². The normalized spacial score (nSPS) is 17.4. The first-order valence-electron chi connectivity index (χ1n) is 9.71. The van der Waals surface area contributed by atoms with Crippen LogP contribution in [0.25, 0.3) is 11.3 Å². The van der Waals surface area contributed by atoms with Crippen molar-refractivity contribution in [3.05, 3.63) is 47.3 Å². The second-order valence-corrected chi connectivity index (χ2v) is 10.1. The number of hydrogen-bond acceptors (Lipinski definition) is 7. The summed E-state index contributed by atoms with van der Waals surface area (Å²) >= 11 is 1.15. The first-order valence-corrected chi connectivity index (χ1v) is 12.1. The van der Waals surface area contributed by atoms with Crippen molar-refractivity contribution in [3.63, 3.8) is 0 Å². The molecular formula is C21H18N4O5S2. The average molecular weight is 471 g/mol. The number of benzene rings is 2. The van der Waals surface area contributed by atoms with Crippen LogP contribution < -0.4 is 19.7 Å². The van der Waals surface area contributed by atoms with Crippen LogP contribution in [0.3, 0.4) is 0 Å². The van der Waals surface area contributed by atoms with E-state index in [0.717, 1.165) is 16.9 Å². The molecule has 3 aromatic rings. The third kappa shape index (κ3) is 3.49. The van der Waals surface area contributed by atoms with Crippen LogP contribution in [0.2, 0.25) is 0 Å². The molecule has 2 aromatic carbocycles. The lowest BCUT2D eigenvalue weighted by Gasteiger charge is -2.30. The number of nitrogens with one attached hydrogen (secondary N) is 2. The Hall–Kier alpha value is -3.44. The summed E-state index contributed by atoms with van der Waals surface area (Å²) in [6.45, 7) is 1.70. The zero-order chi connectivity index (χ0) is 22.6. The summed E-state index contributed by atoms with van der Waals surface area (Å²) in [5.41, 5.74) is 3.19. The van der Waals surface area contributed by atoms with Gasteiger partial charge in [-0.1, -0.05) is 0 Å². The quantitative estimate of drug-likeness (QED) is 0.606. The molecule has 0 saturated carbocycles. The largest absolute Gasteiger partial charge is 0.479 e. The van der Waals surface area contributed by atoms with Gasteiger partial charge in [-0.05, 0) is 48.9 Å². The molecule has 0 saturated heterocycles. The van der Waals surface area contributed by atoms with Crippen LogP contribution in [0.15, 0.2) is 46.7 Å². The first kappa shape index (κ1) is 20.5. The summed E-state index contributed by atoms with van der Waals surface area (Å²) < 4.78 is 33.8. The highest BCUT2D eigenvalue weighted by molar-refractivity contribution is 7.93. The molecule has 1 atom stereocenters. The number of fused-ring (bicyclic) bond motifs is 2. The molecule has 1 aromatic heterocycles. The molecule has 3 heterocycles. The van der Waals surface area contributed by atoms with E-state index >= 15 is 0 Å². The zero-order valence-corrected chi connectivity index (χ0v) is 18.7. The third-order valence-electron chi connectivity index (χ3n) is 5.34. The fourth-order valence-electron chi connectivity index (χ4n) is 3.67. The van der Waals surface area contributed by atoms with Gasteiger partial charge in [0.2, 0.25) is 5.91 Å². The van der Waals surface area contributed by atoms with E-state index in [9.17, 15) is 18.0 Å². The van der Waals surface area contributed by atoms with Crippen LogP contribution in [0.4, 0.5) is 16.5 Å². The van der Waals surface area contributed by atoms with Crippen molar-refractivity contribution >= 4 is 49.7 Å². The van der Waals surface area contributed by atoms with Gasteiger partial charge >= 0.3 is 0 Å². The van der Waals surface area contributed by atoms with E-state index in [1.165, 1.54) is 17.0 Å². The van der Waals surface area contributed by atoms with Gasteiger partial charge in [-0.3, -0.25) is 14.3 Å². The molecule has 2 N–H and O–H groups in total. The topological polar surface area (TPSA) is 118 Å². The van der Waals surface area contributed by atoms with Gasteiger partial charge < -0.3 is 15.0 Å². The lowest BCUT2D eigenvalue weighted by molar-refractivity contribution is -0.125. The van der Waals surface area contributed by atoms with E-state index in [-0.39, 0.29) is 28.3 Å². The molecule has 2 aliphatic heterocycles. The van der Waals surface area contributed by atoms with E-state index in [2.05, 4.69) is 15.0 Å². The van der Waals surface area contributed by atoms with Gasteiger partial charge in [0, 0.05) is 23.7 Å². The maximum atomic E-state index is 12.8. The van der Waals surface area contributed by atoms with Gasteiger partial charge in [0.25, 0.3) is 15.9 Å². The highest BCUT2D eigenvalue weighted by Crippen LogP contribution is 2.37. The Morgan fingerprint density at radius 1 is 1.22 bits per heavy atom. The van der Waals surface area contributed by atoms with Gasteiger partial charge in [-0.2, -0.15) is 0 Å². The zero-order valence-electron chi connectivity index (χ0n) is 17.1. The third-order valence-corrected chi connectivity index (χ3v) is 7.56. The van der Waals surface area contributed by atoms with E-state index in [1.807, 2.05) is 6.07 Å². The van der Waals surface area contributed by atoms with Crippen molar-refractivity contribution in [1.29, 1.82) is 0 Å². The fraction of sp³-hybridized carbons (Fsp3) is 0.190. The van der Waals surface area contributed by atoms with Gasteiger partial charge in [-0.25, -0.2) is 13.4 Å². The summed E-state index contributed by atoms with van der Waals surface area (Å²) in [7, 11) is -2.19. The molecule has 5 rings (SSSR count). The Morgan fingerprint density at radius 3 is 2.84 bits per heavy atom. The molecule has 0 spiro atoms. The van der Waals surface area contributed by atoms with Crippen molar-refractivity contribution in [2.45, 2.75) is 24.3 Å². The van der Waals surface area contributed by atoms with Crippen molar-refractivity contribution in [2.75, 3.05) is 22.0 Å². The predicted molar refractivity (Wildman–Crippen MR) is 121 cm³/mol. The minimum atomic E-state index is -3.87. The van der Waals surface area contributed by atoms with Gasteiger partial charge in [0.05, 0.1) is 22.7 Å². The molecule has 11 heteroatoms. The molecular weight excluding hydrogens is 452 g/mol. The second kappa shape index (κ2) is 7.31. The number of sulfonamides is 1. The highest BCUT2D eigenvalue weighted by atomic mass is 32.2. The lowest BCUT2D eigenvalue weighted by atomic mass is 10.1. The molecule has 2 aliphatic rings. The van der Waals surface area contributed by atoms with Crippen LogP contribution in [-0.2, 0) is 26.0 Å². The Labute approximate surface area is 188 Å². The predicted octanol–water partition coefficient (Wildman–Crippen LogP) is 2.85. The number of rotatable bonds is 4. The Bertz CT molecular complexity index is 1380. The van der Waals surface area contributed by atoms with E-state index < -0.39 is 16.1 Å². The minimum Gasteiger partial charge on any atom is -0.479 e. The van der Waals surface area contributed by atoms with E-state index in [4.69, 9.17) is 4.74 Å². The summed E-state index contributed by atoms with van der Waals surface area (Å²) in [6.07, 6.45) is -0.399. The summed E-state index contributed by atoms with van der Waals surface area (Å²) in [5.74, 6) is 0.293. The van der Waals surface area contributed by atoms with Crippen LogP contribution in [0, 0.1) is 0 Å². The molecule has 164 valence electrons. The van der Waals surface area contributed by atoms with E-state index in [0.29, 0.717) is 28.4 Å². The van der Waals surface area contributed by atoms with Crippen LogP contribution >= 0.6 is 11.3 Å². The number of amides is 2. The molecule has 9 nitrogen and oxygen atoms in total. The van der Waals surface area contributed by atoms with Crippen molar-refractivity contribution in [2.24, 2.45) is 0 Å². The number of ether oxygens (including phenoxy) is 1. The number of carbonyl (C=O) groups excluding carboxylic acids is 2. The molecule has 0 aliphatic carbocycles. The van der Waals surface area contributed by atoms with Crippen molar-refractivity contribution < 1.29 is 22.7 Å². The maximum absolute atomic E-state index is 12.8. The number of carbonyl (C=O) groups is 2. The smallest absolute Gasteiger partial charge is 0.267 e. The van der Waals surface area contributed by atoms with Crippen molar-refractivity contribution in [1.82, 2.24) is 4.98 Å². The van der Waals surface area contributed by atoms with Crippen LogP contribution in [-0.4, -0.2) is 38.4 Å². The fourth-order valence-corrected chi connectivity index (χ4v) is 5.69. The molecule has 1 unspecified atom stereocenters. The average Bonchev–Trinajstić information content (AvgIpc) is 3.36. The minimum absolute atomic E-state index is 0.0599. The van der Waals surface area contributed by atoms with Crippen molar-refractivity contribution in [3.8, 4) is 17.0 Å². The summed E-state index contributed by atoms with van der Waals surface area (Å²) in [5, 5.41) is 4.62. The second-order valence-electron chi connectivity index (χ2n) is 7.53. The molecule has 32 heavy (non-hydrogen) atoms. The number of hydrogen-bond donors (Lipinski definition) is 2. The summed E-state index contributed by atoms with van der Waals surface area (Å²) in [4.78, 5) is 29.7. The number of likely N-dealkylation sites (N-methyl/N-ethyl adjacent to an activating group) is 1. The number of thiazole rings is 1. The van der Waals surface area contributed by atoms with Gasteiger partial charge in [0.1, 0.15) is 5.75 Å². The highest BCUT2D eigenvalue weighted by Gasteiger charge is 2.29. The Kier molecular flexibility index (Phi) is 4.68. The van der Waals surface area contributed by atoms with Gasteiger partial charge in [0.15, 0.2) is 11.2 Å². The van der Waals surface area contributed by atoms with Crippen LogP contribution in [0.5, 0.6) is 5.75 Å². The maximum Gasteiger partial charge on any atom is 0.267 e. The molecule has 0 fully saturated rings. The molecule has 0 radical (unpaired) electrons. The number of nitrogens with zero attached hydrogens (tertiary/aromatic N) is 2. The SMILES string of the molecule is CC1Oc2ccc(-c3csc(NS(=O)(=O)c4ccc5c(c4)CC(=O)N5)n3)cc2N(C)C1=O. The van der Waals surface area contributed by atoms with Gasteiger partial charge in [-0.15, -0.1) is 11.3 Å². The first-order chi connectivity index (χ1) is 15.2. The lowest BCUT2D eigenvalue weighted by Crippen LogP contribution is -2.41. The number of aromatic nitrogens is 1. The Morgan fingerprint density at radius 2 is 2.03 bits per heavy atom. The number of anilines is 3.